The van der Waals surface area contributed by atoms with E-state index in [4.69, 9.17) is 4.84 Å². The summed E-state index contributed by atoms with van der Waals surface area (Å²) in [5.74, 6) is -1.13. The summed E-state index contributed by atoms with van der Waals surface area (Å²) >= 11 is 0. The number of imide groups is 1. The molecule has 2 unspecified atom stereocenters. The van der Waals surface area contributed by atoms with Gasteiger partial charge in [0.05, 0.1) is 5.92 Å². The lowest BCUT2D eigenvalue weighted by molar-refractivity contribution is -0.200. The largest absolute Gasteiger partial charge is 0.335 e. The molecule has 0 aromatic rings. The molecule has 21 heavy (non-hydrogen) atoms. The lowest BCUT2D eigenvalue weighted by atomic mass is 9.93. The van der Waals surface area contributed by atoms with Gasteiger partial charge in [0.1, 0.15) is 0 Å². The van der Waals surface area contributed by atoms with Crippen LogP contribution in [0.1, 0.15) is 45.4 Å². The summed E-state index contributed by atoms with van der Waals surface area (Å²) in [7, 11) is 0. The van der Waals surface area contributed by atoms with Gasteiger partial charge >= 0.3 is 5.97 Å². The zero-order chi connectivity index (χ0) is 15.2. The number of nitrogens with zero attached hydrogens (tertiary/aromatic N) is 1. The second-order valence-corrected chi connectivity index (χ2v) is 5.63. The highest BCUT2D eigenvalue weighted by molar-refractivity contribution is 6.01. The molecular formula is C16H21NO4. The molecule has 0 radical (unpaired) electrons. The molecule has 1 aliphatic carbocycles. The van der Waals surface area contributed by atoms with Crippen LogP contribution >= 0.6 is 0 Å². The van der Waals surface area contributed by atoms with E-state index in [1.165, 1.54) is 0 Å². The SMILES string of the molecule is CC(CCCC1C=CC=CC1)C(=O)ON1C(=O)CCC1=O. The lowest BCUT2D eigenvalue weighted by Gasteiger charge is -2.17. The Labute approximate surface area is 124 Å². The highest BCUT2D eigenvalue weighted by atomic mass is 16.7. The zero-order valence-electron chi connectivity index (χ0n) is 12.3. The summed E-state index contributed by atoms with van der Waals surface area (Å²) < 4.78 is 0. The van der Waals surface area contributed by atoms with Gasteiger partial charge in [-0.05, 0) is 25.2 Å². The molecule has 0 bridgehead atoms. The molecule has 0 N–H and O–H groups in total. The number of carbonyl (C=O) groups is 3. The van der Waals surface area contributed by atoms with Gasteiger partial charge in [0, 0.05) is 12.8 Å². The van der Waals surface area contributed by atoms with Crippen molar-refractivity contribution in [3.8, 4) is 0 Å². The summed E-state index contributed by atoms with van der Waals surface area (Å²) in [5, 5.41) is 0.619. The third-order valence-corrected chi connectivity index (χ3v) is 3.87. The van der Waals surface area contributed by atoms with E-state index < -0.39 is 17.8 Å². The van der Waals surface area contributed by atoms with E-state index in [0.717, 1.165) is 19.3 Å². The molecule has 114 valence electrons. The van der Waals surface area contributed by atoms with E-state index in [2.05, 4.69) is 18.2 Å². The first-order valence-electron chi connectivity index (χ1n) is 7.49. The molecule has 1 aliphatic heterocycles. The van der Waals surface area contributed by atoms with Crippen LogP contribution in [0.15, 0.2) is 24.3 Å². The van der Waals surface area contributed by atoms with Crippen molar-refractivity contribution < 1.29 is 19.2 Å². The third-order valence-electron chi connectivity index (χ3n) is 3.87. The van der Waals surface area contributed by atoms with Crippen LogP contribution in [0, 0.1) is 11.8 Å². The number of hydrogen-bond acceptors (Lipinski definition) is 4. The van der Waals surface area contributed by atoms with Crippen LogP contribution in [0.2, 0.25) is 0 Å². The van der Waals surface area contributed by atoms with Gasteiger partial charge in [0.25, 0.3) is 11.8 Å². The van der Waals surface area contributed by atoms with Crippen LogP contribution in [-0.4, -0.2) is 22.8 Å². The van der Waals surface area contributed by atoms with Gasteiger partial charge in [0.2, 0.25) is 0 Å². The zero-order valence-corrected chi connectivity index (χ0v) is 12.3. The number of hydrogen-bond donors (Lipinski definition) is 0. The van der Waals surface area contributed by atoms with E-state index in [1.807, 2.05) is 6.08 Å². The van der Waals surface area contributed by atoms with Crippen LogP contribution in [0.3, 0.4) is 0 Å². The Morgan fingerprint density at radius 1 is 1.33 bits per heavy atom. The third kappa shape index (κ3) is 4.28. The van der Waals surface area contributed by atoms with Crippen molar-refractivity contribution in [2.75, 3.05) is 0 Å². The Hall–Kier alpha value is -1.91. The Morgan fingerprint density at radius 3 is 2.67 bits per heavy atom. The average Bonchev–Trinajstić information content (AvgIpc) is 2.80. The van der Waals surface area contributed by atoms with Crippen LogP contribution in [0.4, 0.5) is 0 Å². The van der Waals surface area contributed by atoms with E-state index in [0.29, 0.717) is 17.4 Å². The Bertz CT molecular complexity index is 465. The van der Waals surface area contributed by atoms with Crippen molar-refractivity contribution in [1.29, 1.82) is 0 Å². The second kappa shape index (κ2) is 7.20. The van der Waals surface area contributed by atoms with Crippen LogP contribution in [0.25, 0.3) is 0 Å². The van der Waals surface area contributed by atoms with Crippen LogP contribution < -0.4 is 0 Å². The van der Waals surface area contributed by atoms with E-state index in [1.54, 1.807) is 6.92 Å². The smallest absolute Gasteiger partial charge is 0.330 e. The van der Waals surface area contributed by atoms with Crippen molar-refractivity contribution >= 4 is 17.8 Å². The minimum absolute atomic E-state index is 0.127. The van der Waals surface area contributed by atoms with Crippen LogP contribution in [-0.2, 0) is 19.2 Å². The number of hydroxylamine groups is 2. The number of carbonyl (C=O) groups excluding carboxylic acids is 3. The molecule has 1 fully saturated rings. The van der Waals surface area contributed by atoms with Crippen LogP contribution in [0.5, 0.6) is 0 Å². The van der Waals surface area contributed by atoms with Crippen molar-refractivity contribution in [2.24, 2.45) is 11.8 Å². The second-order valence-electron chi connectivity index (χ2n) is 5.63. The van der Waals surface area contributed by atoms with E-state index >= 15 is 0 Å². The quantitative estimate of drug-likeness (QED) is 0.705. The topological polar surface area (TPSA) is 63.7 Å². The fourth-order valence-electron chi connectivity index (χ4n) is 2.49. The van der Waals surface area contributed by atoms with Crippen molar-refractivity contribution in [3.63, 3.8) is 0 Å². The van der Waals surface area contributed by atoms with Gasteiger partial charge in [0.15, 0.2) is 0 Å². The molecule has 2 amide bonds. The number of amides is 2. The summed E-state index contributed by atoms with van der Waals surface area (Å²) in [6, 6.07) is 0. The van der Waals surface area contributed by atoms with Crippen molar-refractivity contribution in [3.05, 3.63) is 24.3 Å². The summed E-state index contributed by atoms with van der Waals surface area (Å²) in [5.41, 5.74) is 0. The first-order valence-corrected chi connectivity index (χ1v) is 7.49. The predicted molar refractivity (Wildman–Crippen MR) is 76.6 cm³/mol. The Balaban J connectivity index is 1.70. The molecule has 2 aliphatic rings. The number of allylic oxidation sites excluding steroid dienone is 4. The molecule has 2 rings (SSSR count). The molecule has 1 heterocycles. The molecule has 0 saturated carbocycles. The van der Waals surface area contributed by atoms with Gasteiger partial charge in [-0.15, -0.1) is 5.06 Å². The fraction of sp³-hybridized carbons (Fsp3) is 0.562. The highest BCUT2D eigenvalue weighted by Crippen LogP contribution is 2.21. The van der Waals surface area contributed by atoms with Gasteiger partial charge in [-0.2, -0.15) is 0 Å². The maximum absolute atomic E-state index is 11.9. The van der Waals surface area contributed by atoms with Gasteiger partial charge in [-0.25, -0.2) is 4.79 Å². The summed E-state index contributed by atoms with van der Waals surface area (Å²) in [4.78, 5) is 39.5. The fourth-order valence-corrected chi connectivity index (χ4v) is 2.49. The van der Waals surface area contributed by atoms with Gasteiger partial charge < -0.3 is 4.84 Å². The van der Waals surface area contributed by atoms with Gasteiger partial charge in [-0.3, -0.25) is 9.59 Å². The molecule has 5 nitrogen and oxygen atoms in total. The van der Waals surface area contributed by atoms with Crippen molar-refractivity contribution in [1.82, 2.24) is 5.06 Å². The molecular weight excluding hydrogens is 270 g/mol. The molecule has 1 saturated heterocycles. The summed E-state index contributed by atoms with van der Waals surface area (Å²) in [6.07, 6.45) is 12.4. The minimum atomic E-state index is -0.502. The minimum Gasteiger partial charge on any atom is -0.330 e. The molecule has 0 spiro atoms. The lowest BCUT2D eigenvalue weighted by Crippen LogP contribution is -2.34. The average molecular weight is 291 g/mol. The van der Waals surface area contributed by atoms with E-state index in [9.17, 15) is 14.4 Å². The molecule has 5 heteroatoms. The Morgan fingerprint density at radius 2 is 2.05 bits per heavy atom. The maximum atomic E-state index is 11.9. The predicted octanol–water partition coefficient (Wildman–Crippen LogP) is 2.53. The first-order chi connectivity index (χ1) is 10.1. The molecule has 0 aromatic carbocycles. The van der Waals surface area contributed by atoms with Crippen molar-refractivity contribution in [2.45, 2.75) is 45.4 Å². The molecule has 2 atom stereocenters. The standard InChI is InChI=1S/C16H21NO4/c1-12(6-5-9-13-7-3-2-4-8-13)16(20)21-17-14(18)10-11-15(17)19/h2-4,7,12-13H,5-6,8-11H2,1H3. The number of rotatable bonds is 6. The highest BCUT2D eigenvalue weighted by Gasteiger charge is 2.33. The summed E-state index contributed by atoms with van der Waals surface area (Å²) in [6.45, 7) is 1.77. The van der Waals surface area contributed by atoms with E-state index in [-0.39, 0.29) is 18.8 Å². The monoisotopic (exact) mass is 291 g/mol. The molecule has 0 aromatic heterocycles. The normalized spacial score (nSPS) is 22.7. The first kappa shape index (κ1) is 15.5. The Kier molecular flexibility index (Phi) is 5.31. The maximum Gasteiger partial charge on any atom is 0.335 e. The van der Waals surface area contributed by atoms with Gasteiger partial charge in [-0.1, -0.05) is 37.6 Å².